The number of aliphatic hydroxyl groups excluding tert-OH is 17. The Morgan fingerprint density at radius 2 is 0.765 bits per heavy atom. The molecule has 4 saturated heterocycles. The van der Waals surface area contributed by atoms with Gasteiger partial charge in [-0.15, -0.1) is 0 Å². The zero-order chi connectivity index (χ0) is 58.5. The quantitative estimate of drug-likeness (QED) is 0.0628. The van der Waals surface area contributed by atoms with Crippen molar-refractivity contribution in [2.24, 2.45) is 0 Å². The predicted molar refractivity (Wildman–Crippen MR) is 266 cm³/mol. The Balaban J connectivity index is 1.18. The van der Waals surface area contributed by atoms with E-state index >= 15 is 9.59 Å². The van der Waals surface area contributed by atoms with Gasteiger partial charge in [0.05, 0.1) is 67.5 Å². The first-order valence-electron chi connectivity index (χ1n) is 25.8. The Bertz CT molecular complexity index is 3040. The molecule has 2 aliphatic carbocycles. The van der Waals surface area contributed by atoms with E-state index < -0.39 is 235 Å². The Morgan fingerprint density at radius 3 is 1.15 bits per heavy atom. The molecule has 0 saturated carbocycles. The first kappa shape index (κ1) is 58.8. The molecular weight excluding hydrogens is 1080 g/mol. The fourth-order valence-corrected chi connectivity index (χ4v) is 12.2. The Kier molecular flexibility index (Phi) is 16.4. The summed E-state index contributed by atoms with van der Waals surface area (Å²) in [5, 5.41) is 209. The zero-order valence-corrected chi connectivity index (χ0v) is 42.6. The van der Waals surface area contributed by atoms with Crippen LogP contribution in [0.1, 0.15) is 77.1 Å². The van der Waals surface area contributed by atoms with Gasteiger partial charge < -0.3 is 125 Å². The van der Waals surface area contributed by atoms with Crippen molar-refractivity contribution in [3.05, 3.63) is 104 Å². The van der Waals surface area contributed by atoms with E-state index in [9.17, 15) is 97.0 Å². The molecule has 19 N–H and O–H groups in total. The number of aryl methyl sites for hydroxylation is 1. The second kappa shape index (κ2) is 22.6. The maximum Gasteiger partial charge on any atom is 0.229 e. The van der Waals surface area contributed by atoms with Crippen molar-refractivity contribution in [2.75, 3.05) is 26.4 Å². The van der Waals surface area contributed by atoms with E-state index in [4.69, 9.17) is 28.4 Å². The van der Waals surface area contributed by atoms with Gasteiger partial charge in [-0.05, 0) is 52.4 Å². The average Bonchev–Trinajstić information content (AvgIpc) is 1.87. The first-order chi connectivity index (χ1) is 38.6. The molecule has 4 aromatic carbocycles. The van der Waals surface area contributed by atoms with Gasteiger partial charge in [0.25, 0.3) is 0 Å². The lowest BCUT2D eigenvalue weighted by Gasteiger charge is -2.45. The third-order valence-corrected chi connectivity index (χ3v) is 16.4. The smallest absolute Gasteiger partial charge is 0.229 e. The standard InChI is InChI=1S/C54H62O27/c1-15-8-19-29(51-47(72)43(68)35(60)23(11-56)76-51)17-4-2-6-21(78-53-49(74)45(70)37(62)25(13-58)80-53)31(17)41(66)33(19)39(64)27(15)28-16(10-55)9-20-30(52-48(73)44(69)36(61)24(12-57)77-52)18-5-3-7-22(32(18)42(67)34(20)40(28)65)79-54-50(75)46(71)38(63)26(14-59)81-54/h2-9,23-26,29-30,35-38,43-65,68-75H,10-14H2,1H3/t23-,24-,25-,26-,29?,30?,35-,36-,37-,38-,43+,44+,45+,46+,47-,48-,49-,50-,51+,52+,53-,54-/m1/s1. The number of aliphatic hydroxyl groups is 17. The van der Waals surface area contributed by atoms with E-state index in [-0.39, 0.29) is 33.4 Å². The van der Waals surface area contributed by atoms with Crippen molar-refractivity contribution < 1.29 is 135 Å². The molecule has 0 aromatic heterocycles. The van der Waals surface area contributed by atoms with Crippen LogP contribution in [0.25, 0.3) is 11.1 Å². The molecule has 0 amide bonds. The molecule has 2 unspecified atom stereocenters. The molecule has 4 heterocycles. The average molecular weight is 1140 g/mol. The summed E-state index contributed by atoms with van der Waals surface area (Å²) < 4.78 is 35.3. The number of hydrogen-bond acceptors (Lipinski definition) is 27. The van der Waals surface area contributed by atoms with Crippen LogP contribution in [0.3, 0.4) is 0 Å². The Labute approximate surface area is 458 Å². The van der Waals surface area contributed by atoms with Crippen molar-refractivity contribution in [2.45, 2.75) is 148 Å². The number of hydrogen-bond donors (Lipinski definition) is 19. The normalized spacial score (nSPS) is 37.5. The highest BCUT2D eigenvalue weighted by Gasteiger charge is 2.54. The van der Waals surface area contributed by atoms with Gasteiger partial charge in [0, 0.05) is 23.0 Å². The first-order valence-corrected chi connectivity index (χ1v) is 25.8. The van der Waals surface area contributed by atoms with E-state index in [1.807, 2.05) is 0 Å². The molecule has 4 aromatic rings. The van der Waals surface area contributed by atoms with Gasteiger partial charge in [-0.1, -0.05) is 36.4 Å². The zero-order valence-electron chi connectivity index (χ0n) is 42.6. The summed E-state index contributed by atoms with van der Waals surface area (Å²) in [6.07, 6.45) is -36.6. The van der Waals surface area contributed by atoms with E-state index in [1.165, 1.54) is 55.5 Å². The highest BCUT2D eigenvalue weighted by atomic mass is 16.7. The third kappa shape index (κ3) is 9.39. The van der Waals surface area contributed by atoms with Crippen molar-refractivity contribution >= 4 is 11.6 Å². The highest BCUT2D eigenvalue weighted by Crippen LogP contribution is 2.56. The summed E-state index contributed by atoms with van der Waals surface area (Å²) in [5.74, 6) is -8.02. The van der Waals surface area contributed by atoms with Crippen LogP contribution in [0.15, 0.2) is 48.5 Å². The van der Waals surface area contributed by atoms with Gasteiger partial charge in [0.2, 0.25) is 24.1 Å². The molecule has 27 heteroatoms. The highest BCUT2D eigenvalue weighted by molar-refractivity contribution is 6.19. The van der Waals surface area contributed by atoms with E-state index in [1.54, 1.807) is 0 Å². The molecule has 10 rings (SSSR count). The summed E-state index contributed by atoms with van der Waals surface area (Å²) in [7, 11) is 0. The van der Waals surface area contributed by atoms with Crippen LogP contribution in [0, 0.1) is 6.92 Å². The minimum Gasteiger partial charge on any atom is -0.507 e. The molecule has 0 bridgehead atoms. The number of fused-ring (bicyclic) bond motifs is 4. The van der Waals surface area contributed by atoms with Gasteiger partial charge in [-0.25, -0.2) is 0 Å². The fraction of sp³-hybridized carbons (Fsp3) is 0.519. The van der Waals surface area contributed by atoms with Crippen LogP contribution in [0.5, 0.6) is 23.0 Å². The number of carbonyl (C=O) groups is 2. The number of ketones is 2. The molecule has 4 fully saturated rings. The number of phenolic OH excluding ortho intramolecular Hbond substituents is 2. The van der Waals surface area contributed by atoms with Crippen LogP contribution in [-0.2, 0) is 25.6 Å². The monoisotopic (exact) mass is 1140 g/mol. The maximum atomic E-state index is 15.4. The predicted octanol–water partition coefficient (Wildman–Crippen LogP) is -6.04. The molecule has 27 nitrogen and oxygen atoms in total. The minimum absolute atomic E-state index is 0.0171. The summed E-state index contributed by atoms with van der Waals surface area (Å²) in [6.45, 7) is -3.16. The summed E-state index contributed by atoms with van der Waals surface area (Å²) >= 11 is 0. The Hall–Kier alpha value is -5.42. The largest absolute Gasteiger partial charge is 0.507 e. The summed E-state index contributed by atoms with van der Waals surface area (Å²) in [6, 6.07) is 10.4. The molecule has 440 valence electrons. The molecule has 0 radical (unpaired) electrons. The van der Waals surface area contributed by atoms with E-state index in [0.717, 1.165) is 0 Å². The second-order valence-electron chi connectivity index (χ2n) is 21.0. The van der Waals surface area contributed by atoms with E-state index in [0.29, 0.717) is 0 Å². The Morgan fingerprint density at radius 1 is 0.407 bits per heavy atom. The molecule has 22 atom stereocenters. The van der Waals surface area contributed by atoms with Gasteiger partial charge in [-0.2, -0.15) is 0 Å². The molecule has 81 heavy (non-hydrogen) atoms. The number of ether oxygens (including phenoxy) is 6. The van der Waals surface area contributed by atoms with Crippen molar-refractivity contribution in [3.8, 4) is 34.1 Å². The second-order valence-corrected chi connectivity index (χ2v) is 21.0. The lowest BCUT2D eigenvalue weighted by atomic mass is 9.69. The van der Waals surface area contributed by atoms with Gasteiger partial charge >= 0.3 is 0 Å². The van der Waals surface area contributed by atoms with Crippen LogP contribution in [0.2, 0.25) is 0 Å². The number of phenols is 2. The lowest BCUT2D eigenvalue weighted by molar-refractivity contribution is -0.277. The maximum absolute atomic E-state index is 15.4. The third-order valence-electron chi connectivity index (χ3n) is 16.4. The molecule has 6 aliphatic rings. The molecule has 0 spiro atoms. The fourth-order valence-electron chi connectivity index (χ4n) is 12.2. The van der Waals surface area contributed by atoms with Crippen LogP contribution < -0.4 is 9.47 Å². The number of rotatable bonds is 12. The van der Waals surface area contributed by atoms with Crippen molar-refractivity contribution in [1.29, 1.82) is 0 Å². The topological polar surface area (TPSA) is 474 Å². The van der Waals surface area contributed by atoms with Gasteiger partial charge in [0.1, 0.15) is 121 Å². The van der Waals surface area contributed by atoms with Crippen LogP contribution in [-0.4, -0.2) is 257 Å². The minimum atomic E-state index is -2.02. The van der Waals surface area contributed by atoms with Gasteiger partial charge in [-0.3, -0.25) is 9.59 Å². The number of benzene rings is 4. The summed E-state index contributed by atoms with van der Waals surface area (Å²) in [4.78, 5) is 30.8. The van der Waals surface area contributed by atoms with Gasteiger partial charge in [0.15, 0.2) is 0 Å². The molecule has 4 aliphatic heterocycles. The van der Waals surface area contributed by atoms with Crippen LogP contribution >= 0.6 is 0 Å². The van der Waals surface area contributed by atoms with Crippen molar-refractivity contribution in [3.63, 3.8) is 0 Å². The summed E-state index contributed by atoms with van der Waals surface area (Å²) in [5.41, 5.74) is -3.84. The lowest BCUT2D eigenvalue weighted by Crippen LogP contribution is -2.60. The number of carbonyl (C=O) groups excluding carboxylic acids is 2. The number of aromatic hydroxyl groups is 2. The SMILES string of the molecule is Cc1cc2c(c(O)c1-c1c(CO)cc3c(c1O)C(=O)c1c(O[C@@H]4O[C@H](CO)[C@@H](O)[C@H](O)[C@H]4O)cccc1C3[C@@H]1O[C@H](CO)[C@@H](O)[C@H](O)[C@H]1O)C(=O)c1c(O[C@@H]3O[C@H](CO)[C@@H](O)[C@H](O)[C@H]3O)cccc1C2[C@@H]1O[C@H](CO)[C@@H](O)[C@H](O)[C@H]1O. The van der Waals surface area contributed by atoms with E-state index in [2.05, 4.69) is 0 Å². The molecular formula is C54H62O27. The van der Waals surface area contributed by atoms with Crippen molar-refractivity contribution in [1.82, 2.24) is 0 Å². The van der Waals surface area contributed by atoms with Crippen LogP contribution in [0.4, 0.5) is 0 Å².